The Bertz CT molecular complexity index is 322. The fourth-order valence-corrected chi connectivity index (χ4v) is 1.28. The Morgan fingerprint density at radius 2 is 2.00 bits per heavy atom. The summed E-state index contributed by atoms with van der Waals surface area (Å²) in [6.07, 6.45) is 0.976. The van der Waals surface area contributed by atoms with Crippen LogP contribution in [0.15, 0.2) is 24.3 Å². The highest BCUT2D eigenvalue weighted by atomic mass is 16.5. The molecule has 0 aliphatic rings. The molecule has 0 aromatic heterocycles. The second kappa shape index (κ2) is 6.85. The third kappa shape index (κ3) is 4.79. The molecule has 0 saturated heterocycles. The quantitative estimate of drug-likeness (QED) is 0.719. The van der Waals surface area contributed by atoms with E-state index in [-0.39, 0.29) is 5.91 Å². The summed E-state index contributed by atoms with van der Waals surface area (Å²) in [4.78, 5) is 10.8. The summed E-state index contributed by atoms with van der Waals surface area (Å²) in [6, 6.07) is 7.36. The highest BCUT2D eigenvalue weighted by Crippen LogP contribution is 2.15. The van der Waals surface area contributed by atoms with E-state index in [0.717, 1.165) is 24.4 Å². The maximum Gasteiger partial charge on any atom is 0.221 e. The van der Waals surface area contributed by atoms with Gasteiger partial charge in [-0.3, -0.25) is 4.79 Å². The molecule has 0 spiro atoms. The largest absolute Gasteiger partial charge is 0.494 e. The SMILES string of the molecule is CNCCCOc1ccc(NC(C)=O)cc1. The van der Waals surface area contributed by atoms with Crippen molar-refractivity contribution >= 4 is 11.6 Å². The van der Waals surface area contributed by atoms with Crippen LogP contribution in [0.5, 0.6) is 5.75 Å². The van der Waals surface area contributed by atoms with Gasteiger partial charge in [-0.05, 0) is 44.3 Å². The van der Waals surface area contributed by atoms with Gasteiger partial charge in [-0.1, -0.05) is 0 Å². The van der Waals surface area contributed by atoms with Crippen LogP contribution in [0.1, 0.15) is 13.3 Å². The summed E-state index contributed by atoms with van der Waals surface area (Å²) < 4.78 is 5.52. The van der Waals surface area contributed by atoms with Gasteiger partial charge in [-0.15, -0.1) is 0 Å². The minimum atomic E-state index is -0.0670. The van der Waals surface area contributed by atoms with E-state index in [1.54, 1.807) is 0 Å². The number of anilines is 1. The third-order valence-electron chi connectivity index (χ3n) is 2.01. The van der Waals surface area contributed by atoms with Crippen molar-refractivity contribution in [2.24, 2.45) is 0 Å². The Labute approximate surface area is 96.0 Å². The van der Waals surface area contributed by atoms with Gasteiger partial charge >= 0.3 is 0 Å². The van der Waals surface area contributed by atoms with Crippen molar-refractivity contribution in [2.75, 3.05) is 25.5 Å². The number of rotatable bonds is 6. The van der Waals surface area contributed by atoms with E-state index in [1.807, 2.05) is 31.3 Å². The second-order valence-corrected chi connectivity index (χ2v) is 3.51. The van der Waals surface area contributed by atoms with Crippen molar-refractivity contribution in [1.82, 2.24) is 5.32 Å². The van der Waals surface area contributed by atoms with Crippen molar-refractivity contribution in [2.45, 2.75) is 13.3 Å². The van der Waals surface area contributed by atoms with E-state index in [4.69, 9.17) is 4.74 Å². The molecule has 88 valence electrons. The average molecular weight is 222 g/mol. The first kappa shape index (κ1) is 12.5. The van der Waals surface area contributed by atoms with Gasteiger partial charge in [0.05, 0.1) is 6.61 Å². The lowest BCUT2D eigenvalue weighted by Gasteiger charge is -2.07. The van der Waals surface area contributed by atoms with Crippen molar-refractivity contribution in [3.8, 4) is 5.75 Å². The zero-order chi connectivity index (χ0) is 11.8. The van der Waals surface area contributed by atoms with Crippen LogP contribution < -0.4 is 15.4 Å². The van der Waals surface area contributed by atoms with Gasteiger partial charge < -0.3 is 15.4 Å². The summed E-state index contributed by atoms with van der Waals surface area (Å²) in [5, 5.41) is 5.76. The third-order valence-corrected chi connectivity index (χ3v) is 2.01. The Balaban J connectivity index is 2.36. The number of carbonyl (C=O) groups is 1. The fourth-order valence-electron chi connectivity index (χ4n) is 1.28. The van der Waals surface area contributed by atoms with Crippen LogP contribution in [0.4, 0.5) is 5.69 Å². The molecular formula is C12H18N2O2. The Morgan fingerprint density at radius 1 is 1.31 bits per heavy atom. The molecule has 0 fully saturated rings. The maximum absolute atomic E-state index is 10.8. The molecule has 0 radical (unpaired) electrons. The van der Waals surface area contributed by atoms with E-state index >= 15 is 0 Å². The number of carbonyl (C=O) groups excluding carboxylic acids is 1. The molecule has 0 saturated carbocycles. The molecule has 1 rings (SSSR count). The van der Waals surface area contributed by atoms with Gasteiger partial charge in [-0.2, -0.15) is 0 Å². The smallest absolute Gasteiger partial charge is 0.221 e. The van der Waals surface area contributed by atoms with E-state index in [9.17, 15) is 4.79 Å². The topological polar surface area (TPSA) is 50.4 Å². The van der Waals surface area contributed by atoms with Gasteiger partial charge in [0.15, 0.2) is 0 Å². The van der Waals surface area contributed by atoms with Crippen LogP contribution >= 0.6 is 0 Å². The lowest BCUT2D eigenvalue weighted by molar-refractivity contribution is -0.114. The van der Waals surface area contributed by atoms with Crippen LogP contribution in [0.25, 0.3) is 0 Å². The predicted octanol–water partition coefficient (Wildman–Crippen LogP) is 1.63. The molecule has 4 nitrogen and oxygen atoms in total. The highest BCUT2D eigenvalue weighted by Gasteiger charge is 1.96. The molecule has 0 aliphatic heterocycles. The fraction of sp³-hybridized carbons (Fsp3) is 0.417. The zero-order valence-corrected chi connectivity index (χ0v) is 9.75. The lowest BCUT2D eigenvalue weighted by atomic mass is 10.3. The molecule has 1 amide bonds. The van der Waals surface area contributed by atoms with Crippen LogP contribution in [-0.2, 0) is 4.79 Å². The summed E-state index contributed by atoms with van der Waals surface area (Å²) in [5.74, 6) is 0.757. The lowest BCUT2D eigenvalue weighted by Crippen LogP contribution is -2.11. The van der Waals surface area contributed by atoms with Crippen molar-refractivity contribution < 1.29 is 9.53 Å². The summed E-state index contributed by atoms with van der Waals surface area (Å²) in [6.45, 7) is 3.13. The Hall–Kier alpha value is -1.55. The summed E-state index contributed by atoms with van der Waals surface area (Å²) >= 11 is 0. The first-order chi connectivity index (χ1) is 7.72. The van der Waals surface area contributed by atoms with Gasteiger partial charge in [0.1, 0.15) is 5.75 Å². The van der Waals surface area contributed by atoms with Crippen LogP contribution in [0.2, 0.25) is 0 Å². The molecule has 0 aliphatic carbocycles. The average Bonchev–Trinajstić information content (AvgIpc) is 2.26. The summed E-state index contributed by atoms with van der Waals surface area (Å²) in [7, 11) is 1.92. The van der Waals surface area contributed by atoms with Crippen molar-refractivity contribution in [1.29, 1.82) is 0 Å². The molecule has 1 aromatic carbocycles. The molecule has 16 heavy (non-hydrogen) atoms. The number of amides is 1. The number of hydrogen-bond donors (Lipinski definition) is 2. The maximum atomic E-state index is 10.8. The number of ether oxygens (including phenoxy) is 1. The zero-order valence-electron chi connectivity index (χ0n) is 9.75. The highest BCUT2D eigenvalue weighted by molar-refractivity contribution is 5.88. The van der Waals surface area contributed by atoms with Crippen LogP contribution in [0.3, 0.4) is 0 Å². The number of nitrogens with one attached hydrogen (secondary N) is 2. The molecule has 0 heterocycles. The van der Waals surface area contributed by atoms with Gasteiger partial charge in [-0.25, -0.2) is 0 Å². The predicted molar refractivity (Wildman–Crippen MR) is 64.8 cm³/mol. The van der Waals surface area contributed by atoms with Crippen LogP contribution in [-0.4, -0.2) is 26.1 Å². The number of benzene rings is 1. The van der Waals surface area contributed by atoms with Crippen LogP contribution in [0, 0.1) is 0 Å². The first-order valence-corrected chi connectivity index (χ1v) is 5.37. The van der Waals surface area contributed by atoms with Gasteiger partial charge in [0.25, 0.3) is 0 Å². The van der Waals surface area contributed by atoms with Crippen molar-refractivity contribution in [3.05, 3.63) is 24.3 Å². The molecular weight excluding hydrogens is 204 g/mol. The van der Waals surface area contributed by atoms with Gasteiger partial charge in [0.2, 0.25) is 5.91 Å². The minimum Gasteiger partial charge on any atom is -0.494 e. The number of hydrogen-bond acceptors (Lipinski definition) is 3. The standard InChI is InChI=1S/C12H18N2O2/c1-10(15)14-11-4-6-12(7-5-11)16-9-3-8-13-2/h4-7,13H,3,8-9H2,1-2H3,(H,14,15). The molecule has 0 unspecified atom stereocenters. The van der Waals surface area contributed by atoms with Crippen molar-refractivity contribution in [3.63, 3.8) is 0 Å². The second-order valence-electron chi connectivity index (χ2n) is 3.51. The first-order valence-electron chi connectivity index (χ1n) is 5.37. The van der Waals surface area contributed by atoms with Gasteiger partial charge in [0, 0.05) is 12.6 Å². The van der Waals surface area contributed by atoms with E-state index in [0.29, 0.717) is 6.61 Å². The molecule has 4 heteroatoms. The molecule has 1 aromatic rings. The monoisotopic (exact) mass is 222 g/mol. The van der Waals surface area contributed by atoms with E-state index < -0.39 is 0 Å². The van der Waals surface area contributed by atoms with E-state index in [1.165, 1.54) is 6.92 Å². The molecule has 2 N–H and O–H groups in total. The minimum absolute atomic E-state index is 0.0670. The normalized spacial score (nSPS) is 9.88. The van der Waals surface area contributed by atoms with E-state index in [2.05, 4.69) is 10.6 Å². The summed E-state index contributed by atoms with van der Waals surface area (Å²) in [5.41, 5.74) is 0.787. The molecule has 0 bridgehead atoms. The Morgan fingerprint density at radius 3 is 2.56 bits per heavy atom. The Kier molecular flexibility index (Phi) is 5.36. The molecule has 0 atom stereocenters.